The molecule has 12 rings (SSSR count). The number of nitrogens with one attached hydrogen (secondary N) is 2. The van der Waals surface area contributed by atoms with Crippen molar-refractivity contribution in [2.75, 3.05) is 13.1 Å². The number of aliphatic hydroxyl groups excluding tert-OH is 1. The van der Waals surface area contributed by atoms with Crippen LogP contribution < -0.4 is 14.2 Å². The maximum atomic E-state index is 14.4. The van der Waals surface area contributed by atoms with Crippen molar-refractivity contribution < 1.29 is 83.3 Å². The molecule has 0 bridgehead atoms. The molecule has 3 N–H and O–H groups in total. The van der Waals surface area contributed by atoms with E-state index in [0.717, 1.165) is 67.2 Å². The molecule has 2 aromatic heterocycles. The van der Waals surface area contributed by atoms with Crippen LogP contribution in [0.2, 0.25) is 5.35 Å². The molecule has 10 atom stereocenters. The molecule has 0 radical (unpaired) electrons. The monoisotopic (exact) mass is 1430 g/mol. The highest BCUT2D eigenvalue weighted by molar-refractivity contribution is 7.91. The lowest BCUT2D eigenvalue weighted by atomic mass is 9.90. The second-order valence-corrected chi connectivity index (χ2v) is 34.7. The summed E-state index contributed by atoms with van der Waals surface area (Å²) in [5, 5.41) is 9.49. The Hall–Kier alpha value is -7.03. The summed E-state index contributed by atoms with van der Waals surface area (Å²) in [6.45, 7) is 14.6. The van der Waals surface area contributed by atoms with Gasteiger partial charge in [0.05, 0.1) is 58.9 Å². The van der Waals surface area contributed by atoms with Gasteiger partial charge in [-0.1, -0.05) is 62.1 Å². The number of fused-ring (bicyclic) bond motifs is 6. The number of Topliss-reactive ketones (excluding diaryl/α,β-unsaturated/α-hetero) is 2. The van der Waals surface area contributed by atoms with Crippen LogP contribution in [0, 0.1) is 48.3 Å². The Morgan fingerprint density at radius 2 is 1.06 bits per heavy atom. The van der Waals surface area contributed by atoms with Crippen LogP contribution >= 0.6 is 11.6 Å². The average Bonchev–Trinajstić information content (AvgIpc) is 1.58. The van der Waals surface area contributed by atoms with Gasteiger partial charge in [0.25, 0.3) is 5.35 Å². The Balaban J connectivity index is 0.000000188. The number of esters is 2. The van der Waals surface area contributed by atoms with Crippen molar-refractivity contribution in [2.24, 2.45) is 34.5 Å². The van der Waals surface area contributed by atoms with Crippen molar-refractivity contribution in [2.45, 2.75) is 243 Å². The van der Waals surface area contributed by atoms with Crippen molar-refractivity contribution >= 4 is 101 Å². The lowest BCUT2D eigenvalue weighted by Gasteiger charge is -2.29. The third kappa shape index (κ3) is 19.3. The van der Waals surface area contributed by atoms with Crippen LogP contribution in [-0.4, -0.2) is 148 Å². The van der Waals surface area contributed by atoms with Gasteiger partial charge >= 0.3 is 18.0 Å². The van der Waals surface area contributed by atoms with Gasteiger partial charge in [0.1, 0.15) is 28.3 Å². The number of sulfonamides is 2. The summed E-state index contributed by atoms with van der Waals surface area (Å²) in [6, 6.07) is 9.43. The third-order valence-electron chi connectivity index (χ3n) is 19.7. The van der Waals surface area contributed by atoms with Crippen LogP contribution in [0.1, 0.15) is 194 Å². The van der Waals surface area contributed by atoms with Crippen LogP contribution in [-0.2, 0) is 67.9 Å². The molecule has 99 heavy (non-hydrogen) atoms. The summed E-state index contributed by atoms with van der Waals surface area (Å²) in [7, 11) is -7.61. The smallest absolute Gasteiger partial charge is 0.394 e. The van der Waals surface area contributed by atoms with Gasteiger partial charge in [0, 0.05) is 44.1 Å². The molecule has 4 aliphatic heterocycles. The summed E-state index contributed by atoms with van der Waals surface area (Å²) in [6.07, 6.45) is 15.7. The van der Waals surface area contributed by atoms with E-state index >= 15 is 0 Å². The lowest BCUT2D eigenvalue weighted by molar-refractivity contribution is -0.159. The van der Waals surface area contributed by atoms with Gasteiger partial charge in [-0.25, -0.2) is 16.8 Å². The first-order valence-electron chi connectivity index (χ1n) is 34.9. The molecule has 4 amide bonds. The number of oxazole rings is 2. The number of ketones is 2. The van der Waals surface area contributed by atoms with E-state index in [1.165, 1.54) is 9.80 Å². The van der Waals surface area contributed by atoms with Crippen LogP contribution in [0.15, 0.2) is 69.5 Å². The Kier molecular flexibility index (Phi) is 22.8. The molecule has 4 saturated carbocycles. The van der Waals surface area contributed by atoms with Crippen LogP contribution in [0.3, 0.4) is 0 Å². The fourth-order valence-corrected chi connectivity index (χ4v) is 16.9. The van der Waals surface area contributed by atoms with E-state index in [1.54, 1.807) is 47.6 Å². The van der Waals surface area contributed by atoms with Crippen molar-refractivity contribution in [3.8, 4) is 6.08 Å². The highest BCUT2D eigenvalue weighted by Crippen LogP contribution is 2.59. The van der Waals surface area contributed by atoms with Crippen molar-refractivity contribution in [3.05, 3.63) is 77.2 Å². The molecule has 6 fully saturated rings. The summed E-state index contributed by atoms with van der Waals surface area (Å²) < 4.78 is 83.1. The van der Waals surface area contributed by atoms with Crippen molar-refractivity contribution in [1.29, 1.82) is 0 Å². The molecule has 8 aliphatic rings. The minimum absolute atomic E-state index is 0.0204. The molecule has 0 unspecified atom stereocenters. The largest absolute Gasteiger partial charge is 0.460 e. The number of carbonyl (C=O) groups excluding carboxylic acids is 8. The zero-order chi connectivity index (χ0) is 71.6. The molecule has 27 heteroatoms. The van der Waals surface area contributed by atoms with Gasteiger partial charge in [0.15, 0.2) is 22.7 Å². The summed E-state index contributed by atoms with van der Waals surface area (Å²) in [4.78, 5) is 120. The summed E-state index contributed by atoms with van der Waals surface area (Å²) in [5.41, 5.74) is 1.04. The first kappa shape index (κ1) is 74.7. The van der Waals surface area contributed by atoms with Gasteiger partial charge < -0.3 is 38.0 Å². The van der Waals surface area contributed by atoms with E-state index in [0.29, 0.717) is 68.9 Å². The van der Waals surface area contributed by atoms with E-state index in [9.17, 15) is 60.3 Å². The van der Waals surface area contributed by atoms with Crippen LogP contribution in [0.4, 0.5) is 0 Å². The molecule has 540 valence electrons. The number of hydrogen-bond donors (Lipinski definition) is 3. The zero-order valence-corrected chi connectivity index (χ0v) is 60.3. The predicted molar refractivity (Wildman–Crippen MR) is 366 cm³/mol. The highest BCUT2D eigenvalue weighted by Gasteiger charge is 2.63. The molecule has 6 heterocycles. The van der Waals surface area contributed by atoms with Gasteiger partial charge in [-0.2, -0.15) is 9.97 Å². The molecule has 4 aliphatic carbocycles. The Labute approximate surface area is 584 Å². The number of ether oxygens (including phenoxy) is 3. The number of rotatable bonds is 12. The fourth-order valence-electron chi connectivity index (χ4n) is 14.0. The van der Waals surface area contributed by atoms with E-state index in [-0.39, 0.29) is 98.3 Å². The Morgan fingerprint density at radius 3 is 1.53 bits per heavy atom. The topological polar surface area (TPSA) is 335 Å². The van der Waals surface area contributed by atoms with Gasteiger partial charge in [-0.05, 0) is 191 Å². The Bertz CT molecular complexity index is 4010. The number of aromatic nitrogens is 2. The average molecular weight is 1430 g/mol. The molecule has 2 saturated heterocycles. The first-order valence-corrected chi connectivity index (χ1v) is 38.4. The molecular weight excluding hydrogens is 1340 g/mol. The lowest BCUT2D eigenvalue weighted by Crippen LogP contribution is -2.46. The second kappa shape index (κ2) is 30.3. The normalized spacial score (nSPS) is 28.6. The van der Waals surface area contributed by atoms with Crippen LogP contribution in [0.5, 0.6) is 6.08 Å². The SMILES string of the molecule is CC(C)(C)OC(=O)C[C@H]1CCCCC/C=C\[C@@H]2C[C@@]2(C(=O)NS(=O)(=O)C2CC2)CC(=O)[C@@H]2C[C@@H](O)CN2C1=O.Cc1ccc2oc(Cl)nc2c1.Cc1ccc2oc(O[C@@H]3C[C@H]4C(=O)C[C@]5(C(=O)NS(=O)(=O)C6CC6)C[C@H]5/C=C\CCCCC[C@H](CC(=O)OC(C)(C)C)C(=O)N4C3)nc2c1. The van der Waals surface area contributed by atoms with Crippen LogP contribution in [0.25, 0.3) is 22.2 Å². The fraction of sp³-hybridized carbons (Fsp3) is 0.639. The maximum Gasteiger partial charge on any atom is 0.394 e. The number of aliphatic hydroxyl groups is 1. The number of carbonyl (C=O) groups is 8. The van der Waals surface area contributed by atoms with E-state index in [1.807, 2.05) is 68.5 Å². The number of amides is 4. The highest BCUT2D eigenvalue weighted by atomic mass is 35.5. The second-order valence-electron chi connectivity index (χ2n) is 30.4. The zero-order valence-electron chi connectivity index (χ0n) is 57.9. The quantitative estimate of drug-likeness (QED) is 0.0876. The number of aryl methyl sites for hydroxylation is 2. The number of hydrogen-bond acceptors (Lipinski definition) is 20. The summed E-state index contributed by atoms with van der Waals surface area (Å²) >= 11 is 5.56. The minimum Gasteiger partial charge on any atom is -0.460 e. The van der Waals surface area contributed by atoms with Gasteiger partial charge in [-0.3, -0.25) is 47.8 Å². The molecule has 24 nitrogen and oxygen atoms in total. The van der Waals surface area contributed by atoms with E-state index in [4.69, 9.17) is 34.6 Å². The number of halogens is 1. The number of allylic oxidation sites excluding steroid dienone is 4. The van der Waals surface area contributed by atoms with E-state index < -0.39 is 112 Å². The minimum atomic E-state index is -3.83. The molecular formula is C72H95ClN6O18S2. The maximum absolute atomic E-state index is 14.4. The van der Waals surface area contributed by atoms with E-state index in [2.05, 4.69) is 19.4 Å². The summed E-state index contributed by atoms with van der Waals surface area (Å²) in [5.74, 6) is -5.72. The molecule has 4 aromatic rings. The number of benzene rings is 2. The predicted octanol–water partition coefficient (Wildman–Crippen LogP) is 10.1. The van der Waals surface area contributed by atoms with Gasteiger partial charge in [-0.15, -0.1) is 0 Å². The Morgan fingerprint density at radius 1 is 0.616 bits per heavy atom. The van der Waals surface area contributed by atoms with Crippen molar-refractivity contribution in [3.63, 3.8) is 0 Å². The third-order valence-corrected chi connectivity index (χ3v) is 23.5. The molecule has 2 aromatic carbocycles. The standard InChI is InChI=1S/C36H47N3O9S.C28H42N2O8S.C8H6ClNO/c1-22-12-15-30-27(16-22)37-34(47-30)46-25-18-28-29(40)20-36(33(43)38-49(44,45)26-13-14-26)19-24(36)11-9-7-5-6-8-10-23(32(42)39(28)21-25)17-31(41)48-35(2,3)4;1-27(2,3)38-24(33)13-18-9-7-5-4-6-8-10-19-15-28(19,26(35)29-39(36,37)21-11-12-21)16-23(32)22-14-20(31)17-30(22)25(18)34;1-5-2-3-7-6(4-5)10-8(9)11-7/h9,11-12,15-16,23-26,28H,5-8,10,13-14,17-21H2,1-4H3,(H,38,43);8,10,18-22,31H,4-7,9,11-17H2,1-3H3,(H,29,35);2-4H,1H3/b11-9-;10-8-;/t23-,24-,25-,28+,36-;18-,19-,20-,22+,28-;/m11./s1. The first-order chi connectivity index (χ1) is 46.6. The number of nitrogens with zero attached hydrogens (tertiary/aromatic N) is 4. The van der Waals surface area contributed by atoms with Crippen molar-refractivity contribution in [1.82, 2.24) is 29.2 Å². The molecule has 0 spiro atoms. The van der Waals surface area contributed by atoms with Gasteiger partial charge in [0.2, 0.25) is 43.7 Å².